The first-order valence-electron chi connectivity index (χ1n) is 4.17. The molecule has 0 saturated carbocycles. The highest BCUT2D eigenvalue weighted by Crippen LogP contribution is 2.15. The molecule has 1 aliphatic heterocycles. The van der Waals surface area contributed by atoms with Crippen molar-refractivity contribution >= 4 is 19.8 Å². The zero-order valence-corrected chi connectivity index (χ0v) is 8.03. The molecule has 1 N–H and O–H groups in total. The van der Waals surface area contributed by atoms with E-state index >= 15 is 0 Å². The topological polar surface area (TPSA) is 58.6 Å². The number of amides is 2. The Kier molecular flexibility index (Phi) is 3.05. The minimum absolute atomic E-state index is 0.182. The molecule has 1 rings (SSSR count). The van der Waals surface area contributed by atoms with Gasteiger partial charge in [-0.15, -0.1) is 0 Å². The predicted molar refractivity (Wildman–Crippen MR) is 48.4 cm³/mol. The summed E-state index contributed by atoms with van der Waals surface area (Å²) in [7, 11) is 3.13. The number of nitrogens with zero attached hydrogens (tertiary/aromatic N) is 1. The van der Waals surface area contributed by atoms with E-state index in [1.165, 1.54) is 7.11 Å². The van der Waals surface area contributed by atoms with Crippen LogP contribution in [0, 0.1) is 0 Å². The second kappa shape index (κ2) is 3.89. The largest absolute Gasteiger partial charge is 0.361 e. The maximum Gasteiger partial charge on any atom is 0.247 e. The average molecular weight is 184 g/mol. The number of carbonyl (C=O) groups is 2. The van der Waals surface area contributed by atoms with Crippen LogP contribution in [0.1, 0.15) is 13.3 Å². The molecule has 2 atom stereocenters. The van der Waals surface area contributed by atoms with Crippen LogP contribution >= 0.6 is 0 Å². The predicted octanol–water partition coefficient (Wildman–Crippen LogP) is -1.76. The first kappa shape index (κ1) is 10.2. The summed E-state index contributed by atoms with van der Waals surface area (Å²) >= 11 is 0. The maximum absolute atomic E-state index is 11.5. The van der Waals surface area contributed by atoms with Crippen molar-refractivity contribution in [2.45, 2.75) is 25.6 Å². The van der Waals surface area contributed by atoms with Gasteiger partial charge in [-0.1, -0.05) is 0 Å². The lowest BCUT2D eigenvalue weighted by Crippen LogP contribution is -2.43. The smallest absolute Gasteiger partial charge is 0.247 e. The van der Waals surface area contributed by atoms with Crippen molar-refractivity contribution in [1.29, 1.82) is 0 Å². The summed E-state index contributed by atoms with van der Waals surface area (Å²) < 4.78 is 4.92. The minimum atomic E-state index is -0.474. The van der Waals surface area contributed by atoms with Crippen molar-refractivity contribution in [3.63, 3.8) is 0 Å². The van der Waals surface area contributed by atoms with E-state index < -0.39 is 6.23 Å². The third-order valence-corrected chi connectivity index (χ3v) is 2.24. The van der Waals surface area contributed by atoms with Gasteiger partial charge in [-0.3, -0.25) is 14.5 Å². The van der Waals surface area contributed by atoms with Crippen molar-refractivity contribution in [3.05, 3.63) is 0 Å². The minimum Gasteiger partial charge on any atom is -0.361 e. The van der Waals surface area contributed by atoms with Crippen molar-refractivity contribution in [1.82, 2.24) is 10.1 Å². The Hall–Kier alpha value is -0.875. The number of hydrogen-bond acceptors (Lipinski definition) is 4. The Labute approximate surface area is 77.8 Å². The van der Waals surface area contributed by atoms with E-state index in [2.05, 4.69) is 5.23 Å². The number of hydrogen-bond donors (Lipinski definition) is 1. The molecule has 2 unspecified atom stereocenters. The van der Waals surface area contributed by atoms with Gasteiger partial charge >= 0.3 is 0 Å². The molecule has 1 aliphatic rings. The number of likely N-dealkylation sites (tertiary alicyclic amines) is 1. The van der Waals surface area contributed by atoms with Gasteiger partial charge in [-0.2, -0.15) is 0 Å². The fourth-order valence-corrected chi connectivity index (χ4v) is 1.36. The monoisotopic (exact) mass is 184 g/mol. The lowest BCUT2D eigenvalue weighted by molar-refractivity contribution is -0.150. The van der Waals surface area contributed by atoms with E-state index in [1.54, 1.807) is 14.9 Å². The van der Waals surface area contributed by atoms with Gasteiger partial charge in [0.15, 0.2) is 7.98 Å². The zero-order valence-electron chi connectivity index (χ0n) is 8.03. The summed E-state index contributed by atoms with van der Waals surface area (Å²) in [5, 5.41) is 2.79. The molecule has 1 saturated heterocycles. The zero-order chi connectivity index (χ0) is 10.0. The van der Waals surface area contributed by atoms with E-state index in [9.17, 15) is 9.59 Å². The van der Waals surface area contributed by atoms with E-state index in [0.29, 0.717) is 0 Å². The van der Waals surface area contributed by atoms with Crippen LogP contribution in [-0.2, 0) is 14.3 Å². The SMILES string of the molecule is BNC1CC(=O)N(C(C)OC)C1=O. The van der Waals surface area contributed by atoms with Gasteiger partial charge in [0.2, 0.25) is 11.8 Å². The Morgan fingerprint density at radius 2 is 2.31 bits per heavy atom. The number of ether oxygens (including phenoxy) is 1. The standard InChI is InChI=1S/C7H13BN2O3/c1-4(13-2)10-6(11)3-5(9-8)7(10)12/h4-5,9H,3,8H2,1-2H3. The van der Waals surface area contributed by atoms with E-state index in [-0.39, 0.29) is 24.3 Å². The third-order valence-electron chi connectivity index (χ3n) is 2.24. The van der Waals surface area contributed by atoms with Crippen LogP contribution < -0.4 is 5.23 Å². The molecule has 0 bridgehead atoms. The molecule has 72 valence electrons. The van der Waals surface area contributed by atoms with Gasteiger partial charge in [0.05, 0.1) is 12.5 Å². The molecular formula is C7H13BN2O3. The molecule has 0 aliphatic carbocycles. The summed E-state index contributed by atoms with van der Waals surface area (Å²) in [5.41, 5.74) is 0. The molecule has 2 amide bonds. The fraction of sp³-hybridized carbons (Fsp3) is 0.714. The van der Waals surface area contributed by atoms with Crippen molar-refractivity contribution in [2.75, 3.05) is 7.11 Å². The molecule has 0 radical (unpaired) electrons. The lowest BCUT2D eigenvalue weighted by Gasteiger charge is -2.21. The molecule has 1 fully saturated rings. The highest BCUT2D eigenvalue weighted by atomic mass is 16.5. The van der Waals surface area contributed by atoms with Crippen molar-refractivity contribution in [2.24, 2.45) is 0 Å². The van der Waals surface area contributed by atoms with Crippen LogP contribution in [0.4, 0.5) is 0 Å². The molecule has 5 nitrogen and oxygen atoms in total. The van der Waals surface area contributed by atoms with Crippen molar-refractivity contribution < 1.29 is 14.3 Å². The Bertz CT molecular complexity index is 234. The van der Waals surface area contributed by atoms with Gasteiger partial charge in [0.25, 0.3) is 0 Å². The van der Waals surface area contributed by atoms with Gasteiger partial charge in [0, 0.05) is 7.11 Å². The Morgan fingerprint density at radius 3 is 2.69 bits per heavy atom. The molecule has 1 heterocycles. The average Bonchev–Trinajstić information content (AvgIpc) is 2.40. The first-order chi connectivity index (χ1) is 6.11. The van der Waals surface area contributed by atoms with Crippen LogP contribution in [-0.4, -0.2) is 44.1 Å². The van der Waals surface area contributed by atoms with E-state index in [0.717, 1.165) is 4.90 Å². The summed E-state index contributed by atoms with van der Waals surface area (Å²) in [6.45, 7) is 1.67. The second-order valence-corrected chi connectivity index (χ2v) is 2.98. The van der Waals surface area contributed by atoms with Gasteiger partial charge in [0.1, 0.15) is 6.23 Å². The maximum atomic E-state index is 11.5. The normalized spacial score (nSPS) is 25.4. The number of nitrogens with one attached hydrogen (secondary N) is 1. The molecule has 0 spiro atoms. The van der Waals surface area contributed by atoms with Gasteiger partial charge in [-0.25, -0.2) is 0 Å². The molecule has 0 aromatic carbocycles. The van der Waals surface area contributed by atoms with Crippen LogP contribution in [0.15, 0.2) is 0 Å². The van der Waals surface area contributed by atoms with Crippen LogP contribution in [0.2, 0.25) is 0 Å². The van der Waals surface area contributed by atoms with Gasteiger partial charge in [-0.05, 0) is 6.92 Å². The summed E-state index contributed by atoms with van der Waals surface area (Å²) in [6, 6.07) is -0.384. The van der Waals surface area contributed by atoms with E-state index in [1.807, 2.05) is 0 Å². The third kappa shape index (κ3) is 1.73. The second-order valence-electron chi connectivity index (χ2n) is 2.98. The molecule has 6 heteroatoms. The molecular weight excluding hydrogens is 171 g/mol. The highest BCUT2D eigenvalue weighted by Gasteiger charge is 2.40. The number of methoxy groups -OCH3 is 1. The lowest BCUT2D eigenvalue weighted by atomic mass is 10.2. The number of rotatable bonds is 3. The fourth-order valence-electron chi connectivity index (χ4n) is 1.36. The van der Waals surface area contributed by atoms with Gasteiger partial charge < -0.3 is 9.96 Å². The first-order valence-corrected chi connectivity index (χ1v) is 4.17. The van der Waals surface area contributed by atoms with Crippen LogP contribution in [0.5, 0.6) is 0 Å². The number of imide groups is 1. The summed E-state index contributed by atoms with van der Waals surface area (Å²) in [6.07, 6.45) is -0.249. The Balaban J connectivity index is 2.75. The van der Waals surface area contributed by atoms with Crippen LogP contribution in [0.25, 0.3) is 0 Å². The molecule has 0 aromatic rings. The summed E-state index contributed by atoms with van der Waals surface area (Å²) in [4.78, 5) is 24.0. The quantitative estimate of drug-likeness (QED) is 0.417. The number of carbonyl (C=O) groups excluding carboxylic acids is 2. The summed E-state index contributed by atoms with van der Waals surface area (Å²) in [5.74, 6) is -0.388. The molecule has 13 heavy (non-hydrogen) atoms. The van der Waals surface area contributed by atoms with E-state index in [4.69, 9.17) is 4.74 Å². The Morgan fingerprint density at radius 1 is 1.69 bits per heavy atom. The van der Waals surface area contributed by atoms with Crippen molar-refractivity contribution in [3.8, 4) is 0 Å². The van der Waals surface area contributed by atoms with Crippen LogP contribution in [0.3, 0.4) is 0 Å². The molecule has 0 aromatic heterocycles. The highest BCUT2D eigenvalue weighted by molar-refractivity contribution is 6.12.